The Labute approximate surface area is 858 Å². The molecule has 0 spiro atoms. The maximum Gasteiger partial charge on any atom is 0.394 e. The van der Waals surface area contributed by atoms with Gasteiger partial charge in [0, 0.05) is 173 Å². The number of imidazole rings is 2. The molecule has 29 heteroatoms. The lowest BCUT2D eigenvalue weighted by Gasteiger charge is -2.43. The molecule has 147 heavy (non-hydrogen) atoms. The zero-order valence-electron chi connectivity index (χ0n) is 86.4. The van der Waals surface area contributed by atoms with Gasteiger partial charge in [-0.2, -0.15) is 8.78 Å². The highest BCUT2D eigenvalue weighted by atomic mass is 19.3. The predicted molar refractivity (Wildman–Crippen MR) is 577 cm³/mol. The molecule has 0 saturated carbocycles. The predicted octanol–water partition coefficient (Wildman–Crippen LogP) is 24.2. The molecule has 27 nitrogen and oxygen atoms in total. The van der Waals surface area contributed by atoms with Gasteiger partial charge in [-0.1, -0.05) is 117 Å². The Morgan fingerprint density at radius 1 is 0.456 bits per heavy atom. The fraction of sp³-hybridized carbons (Fsp3) is 0.305. The number of ether oxygens (including phenoxy) is 5. The van der Waals surface area contributed by atoms with Gasteiger partial charge in [0.05, 0.1) is 99.2 Å². The summed E-state index contributed by atoms with van der Waals surface area (Å²) in [7, 11) is 7.67. The van der Waals surface area contributed by atoms with E-state index in [2.05, 4.69) is 154 Å². The van der Waals surface area contributed by atoms with Crippen molar-refractivity contribution < 1.29 is 70.8 Å². The topological polar surface area (TPSA) is 297 Å². The van der Waals surface area contributed by atoms with Gasteiger partial charge < -0.3 is 79.0 Å². The number of anilines is 9. The molecule has 17 rings (SSSR count). The average Bonchev–Trinajstić information content (AvgIpc) is 1.07. The fourth-order valence-electron chi connectivity index (χ4n) is 20.2. The standard InChI is InChI=1S/C39H41N3O5.C32H39F2N3O2.C24H26N4O3.C23H24N4O3/c1-25-20-38(36-22-34(18-19-37(36)42(25)28(4)44)33-8-7-9-35(21-33)40-27(3)43)41(23-29-10-14-31(15-11-29)26(2)46-5)24-30-12-16-32(17-13-30)39(45)47-6;1-6-17-36(18-7-2)26-12-10-11-24(20-26)25-15-16-30-27(21-25)29(19-22(3)37(30)23(4)38)35-28-13-8-9-14-31(28)39-32(5,33)34;1-15-11-21(26-19-8-5-17(6-9-19)24(30)31-4)20-12-18(22-13-27(3)14-25-22)7-10-23(20)28(15)16(2)29;1-14-10-20(26-18-7-4-16(5-8-18)23(29)30-3)19-11-17(21-12-24-13-25-21)6-9-22(19)27(14)15(2)28/h7-19,21-22,25,38H,2,20,23-24H2,1,3-6H3,(H,40,43);8-16,20-22,29,35H,6-7,17-19H2,1-5H3;5-10,12-15,21,26H,11H2,1-4H3;4-9,11-14,20,26H,10H2,1-3H3,(H,24,25)/t25-,38+;22-,29+;15-,21+;14-,20+/m0000/s1. The zero-order valence-corrected chi connectivity index (χ0v) is 86.4. The smallest absolute Gasteiger partial charge is 0.394 e. The molecule has 0 bridgehead atoms. The number of halogens is 2. The molecular formula is C118H130F2N14O13. The zero-order chi connectivity index (χ0) is 105. The number of amides is 5. The van der Waals surface area contributed by atoms with E-state index in [0.29, 0.717) is 47.6 Å². The van der Waals surface area contributed by atoms with Crippen molar-refractivity contribution in [1.82, 2.24) is 24.4 Å². The summed E-state index contributed by atoms with van der Waals surface area (Å²) in [4.78, 5) is 122. The summed E-state index contributed by atoms with van der Waals surface area (Å²) in [5.41, 5.74) is 24.3. The second kappa shape index (κ2) is 48.1. The Balaban J connectivity index is 0.000000157. The normalized spacial score (nSPS) is 16.8. The maximum atomic E-state index is 13.7. The van der Waals surface area contributed by atoms with E-state index in [9.17, 15) is 47.1 Å². The van der Waals surface area contributed by atoms with Crippen molar-refractivity contribution in [3.8, 4) is 50.5 Å². The van der Waals surface area contributed by atoms with Crippen LogP contribution in [0.2, 0.25) is 0 Å². The molecule has 6 heterocycles. The summed E-state index contributed by atoms with van der Waals surface area (Å²) < 4.78 is 54.1. The first-order valence-electron chi connectivity index (χ1n) is 49.5. The highest BCUT2D eigenvalue weighted by Gasteiger charge is 2.40. The van der Waals surface area contributed by atoms with E-state index in [0.717, 1.165) is 176 Å². The van der Waals surface area contributed by atoms with E-state index in [4.69, 9.17) is 23.7 Å². The van der Waals surface area contributed by atoms with Crippen LogP contribution in [0.3, 0.4) is 0 Å². The molecule has 0 aliphatic carbocycles. The first kappa shape index (κ1) is 107. The quantitative estimate of drug-likeness (QED) is 0.0173. The van der Waals surface area contributed by atoms with Crippen molar-refractivity contribution in [3.63, 3.8) is 0 Å². The highest BCUT2D eigenvalue weighted by Crippen LogP contribution is 2.49. The van der Waals surface area contributed by atoms with Crippen LogP contribution in [0.25, 0.3) is 50.5 Å². The SMILES string of the molecule is C=C(OC)c1ccc(CN(Cc2ccc(C(=O)OC)cc2)[C@@H]2C[C@H](C)N(C(C)=O)c3ccc(-c4cccc(NC(C)=O)c4)cc32)cc1.CCCN(CCC)c1cccc(-c2ccc3c(c2)[C@H](Nc2ccccc2OC(C)(F)F)C[C@H](C)N3C(C)=O)c1.COC(=O)c1ccc(N[C@@H]2C[C@H](C)N(C(C)=O)c3ccc(-c4cn(C)cn4)cc32)cc1.COC(=O)c1ccc(N[C@@H]2C[C@H](C)N(C(C)=O)c3ccc(-c4cnc[nH]4)cc32)cc1. The van der Waals surface area contributed by atoms with Gasteiger partial charge in [-0.15, -0.1) is 0 Å². The number of nitrogens with one attached hydrogen (secondary N) is 5. The number of para-hydroxylation sites is 2. The number of rotatable bonds is 28. The fourth-order valence-corrected chi connectivity index (χ4v) is 20.2. The Morgan fingerprint density at radius 3 is 1.31 bits per heavy atom. The number of esters is 3. The molecular weight excluding hydrogens is 1860 g/mol. The number of nitrogens with zero attached hydrogens (tertiary/aromatic N) is 9. The molecule has 11 aromatic carbocycles. The molecule has 0 saturated heterocycles. The maximum absolute atomic E-state index is 13.7. The molecule has 764 valence electrons. The van der Waals surface area contributed by atoms with Crippen LogP contribution in [0.15, 0.2) is 274 Å². The third kappa shape index (κ3) is 26.0. The Kier molecular flexibility index (Phi) is 34.9. The van der Waals surface area contributed by atoms with Crippen molar-refractivity contribution in [1.29, 1.82) is 0 Å². The van der Waals surface area contributed by atoms with E-state index in [1.165, 1.54) is 40.0 Å². The largest absolute Gasteiger partial charge is 0.497 e. The van der Waals surface area contributed by atoms with E-state index >= 15 is 0 Å². The van der Waals surface area contributed by atoms with Gasteiger partial charge in [-0.05, 0) is 267 Å². The number of hydrogen-bond donors (Lipinski definition) is 5. The number of aryl methyl sites for hydroxylation is 1. The Bertz CT molecular complexity index is 6800. The minimum absolute atomic E-state index is 0.00323. The third-order valence-corrected chi connectivity index (χ3v) is 26.8. The number of aromatic amines is 1. The minimum atomic E-state index is -3.30. The Morgan fingerprint density at radius 2 is 0.871 bits per heavy atom. The summed E-state index contributed by atoms with van der Waals surface area (Å²) in [6.45, 7) is 28.4. The highest BCUT2D eigenvalue weighted by molar-refractivity contribution is 5.99. The number of fused-ring (bicyclic) bond motifs is 4. The van der Waals surface area contributed by atoms with E-state index in [1.807, 2.05) is 160 Å². The van der Waals surface area contributed by atoms with Crippen LogP contribution in [0.1, 0.15) is 216 Å². The van der Waals surface area contributed by atoms with Crippen molar-refractivity contribution in [2.24, 2.45) is 7.05 Å². The van der Waals surface area contributed by atoms with Crippen LogP contribution in [-0.2, 0) is 63.1 Å². The lowest BCUT2D eigenvalue weighted by atomic mass is 9.87. The number of hydrogen-bond acceptors (Lipinski definition) is 20. The average molecular weight is 1990 g/mol. The van der Waals surface area contributed by atoms with E-state index in [-0.39, 0.29) is 102 Å². The van der Waals surface area contributed by atoms with Crippen LogP contribution < -0.4 is 50.5 Å². The Hall–Kier alpha value is -16.0. The van der Waals surface area contributed by atoms with Crippen molar-refractivity contribution >= 4 is 104 Å². The van der Waals surface area contributed by atoms with Gasteiger partial charge in [0.1, 0.15) is 11.5 Å². The first-order valence-corrected chi connectivity index (χ1v) is 49.5. The molecule has 5 N–H and O–H groups in total. The van der Waals surface area contributed by atoms with Gasteiger partial charge >= 0.3 is 24.0 Å². The second-order valence-corrected chi connectivity index (χ2v) is 37.7. The van der Waals surface area contributed by atoms with Gasteiger partial charge in [0.2, 0.25) is 29.5 Å². The number of aromatic nitrogens is 4. The van der Waals surface area contributed by atoms with E-state index in [1.54, 1.807) is 108 Å². The molecule has 4 aliphatic heterocycles. The van der Waals surface area contributed by atoms with E-state index < -0.39 is 6.11 Å². The summed E-state index contributed by atoms with van der Waals surface area (Å²) in [5, 5.41) is 13.5. The third-order valence-electron chi connectivity index (χ3n) is 26.8. The lowest BCUT2D eigenvalue weighted by Crippen LogP contribution is -2.45. The summed E-state index contributed by atoms with van der Waals surface area (Å²) in [6.07, 6.45) is 8.89. The van der Waals surface area contributed by atoms with Crippen LogP contribution in [0, 0.1) is 0 Å². The van der Waals surface area contributed by atoms with Crippen LogP contribution in [0.4, 0.5) is 60.0 Å². The number of benzene rings is 11. The van der Waals surface area contributed by atoms with Crippen LogP contribution in [0.5, 0.6) is 5.75 Å². The summed E-state index contributed by atoms with van der Waals surface area (Å²) >= 11 is 0. The monoisotopic (exact) mass is 1990 g/mol. The summed E-state index contributed by atoms with van der Waals surface area (Å²) in [6, 6.07) is 77.7. The summed E-state index contributed by atoms with van der Waals surface area (Å²) in [5.74, 6) is -0.511. The molecule has 0 unspecified atom stereocenters. The molecule has 0 radical (unpaired) electrons. The van der Waals surface area contributed by atoms with Crippen LogP contribution in [-0.4, -0.2) is 144 Å². The molecule has 4 aliphatic rings. The number of carbonyl (C=O) groups excluding carboxylic acids is 8. The molecule has 5 amide bonds. The van der Waals surface area contributed by atoms with Crippen molar-refractivity contribution in [2.45, 2.75) is 189 Å². The van der Waals surface area contributed by atoms with Gasteiger partial charge in [0.15, 0.2) is 0 Å². The number of H-pyrrole nitrogens is 1. The molecule has 8 atom stereocenters. The van der Waals surface area contributed by atoms with Gasteiger partial charge in [-0.25, -0.2) is 24.4 Å². The molecule has 13 aromatic rings. The van der Waals surface area contributed by atoms with Gasteiger partial charge in [-0.3, -0.25) is 28.9 Å². The van der Waals surface area contributed by atoms with Crippen LogP contribution >= 0.6 is 0 Å². The second-order valence-electron chi connectivity index (χ2n) is 37.7. The van der Waals surface area contributed by atoms with Gasteiger partial charge in [0.25, 0.3) is 0 Å². The van der Waals surface area contributed by atoms with Crippen molar-refractivity contribution in [2.75, 3.05) is 87.3 Å². The molecule has 0 fully saturated rings. The number of methoxy groups -OCH3 is 4. The number of carbonyl (C=O) groups is 8. The molecule has 2 aromatic heterocycles. The van der Waals surface area contributed by atoms with Crippen molar-refractivity contribution in [3.05, 3.63) is 330 Å². The first-order chi connectivity index (χ1) is 70.5. The number of alkyl halides is 2. The minimum Gasteiger partial charge on any atom is -0.497 e. The lowest BCUT2D eigenvalue weighted by molar-refractivity contribution is -0.158.